The Bertz CT molecular complexity index is 550. The van der Waals surface area contributed by atoms with Crippen molar-refractivity contribution in [3.63, 3.8) is 0 Å². The number of aromatic carboxylic acids is 1. The Kier molecular flexibility index (Phi) is 2.32. The van der Waals surface area contributed by atoms with E-state index in [0.717, 1.165) is 12.1 Å². The largest absolute Gasteiger partial charge is 0.504 e. The van der Waals surface area contributed by atoms with Crippen LogP contribution in [0.2, 0.25) is 0 Å². The number of hydrogen-bond acceptors (Lipinski definition) is 4. The Morgan fingerprint density at radius 3 is 2.81 bits per heavy atom. The van der Waals surface area contributed by atoms with Gasteiger partial charge in [0.05, 0.1) is 5.56 Å². The molecule has 2 aromatic rings. The van der Waals surface area contributed by atoms with Crippen LogP contribution in [-0.2, 0) is 0 Å². The predicted octanol–water partition coefficient (Wildman–Crippen LogP) is 1.88. The van der Waals surface area contributed by atoms with E-state index < -0.39 is 17.5 Å². The van der Waals surface area contributed by atoms with Crippen LogP contribution >= 0.6 is 0 Å². The van der Waals surface area contributed by atoms with Gasteiger partial charge in [0.25, 0.3) is 0 Å². The Balaban J connectivity index is 2.50. The molecule has 0 saturated carbocycles. The van der Waals surface area contributed by atoms with E-state index in [9.17, 15) is 14.3 Å². The van der Waals surface area contributed by atoms with E-state index in [1.807, 2.05) is 0 Å². The second-order valence-corrected chi connectivity index (χ2v) is 3.02. The highest BCUT2D eigenvalue weighted by Gasteiger charge is 2.16. The summed E-state index contributed by atoms with van der Waals surface area (Å²) >= 11 is 0. The van der Waals surface area contributed by atoms with Crippen LogP contribution in [0.5, 0.6) is 5.75 Å². The smallest absolute Gasteiger partial charge is 0.358 e. The number of aromatic nitrogens is 1. The van der Waals surface area contributed by atoms with E-state index >= 15 is 0 Å². The lowest BCUT2D eigenvalue weighted by Gasteiger charge is -1.99. The van der Waals surface area contributed by atoms with Crippen LogP contribution in [-0.4, -0.2) is 21.3 Å². The van der Waals surface area contributed by atoms with Gasteiger partial charge in [0.1, 0.15) is 0 Å². The number of nitrogens with zero attached hydrogens (tertiary/aromatic N) is 1. The van der Waals surface area contributed by atoms with Crippen molar-refractivity contribution in [3.05, 3.63) is 35.8 Å². The van der Waals surface area contributed by atoms with E-state index in [1.54, 1.807) is 0 Å². The fourth-order valence-corrected chi connectivity index (χ4v) is 1.22. The molecule has 0 unspecified atom stereocenters. The first-order chi connectivity index (χ1) is 7.59. The van der Waals surface area contributed by atoms with Gasteiger partial charge >= 0.3 is 5.97 Å². The highest BCUT2D eigenvalue weighted by Crippen LogP contribution is 2.31. The molecule has 0 bridgehead atoms. The number of hydrogen-bond donors (Lipinski definition) is 2. The summed E-state index contributed by atoms with van der Waals surface area (Å²) in [6, 6.07) is 4.95. The lowest BCUT2D eigenvalue weighted by Crippen LogP contribution is -1.94. The molecule has 0 aliphatic heterocycles. The van der Waals surface area contributed by atoms with Gasteiger partial charge in [-0.1, -0.05) is 11.2 Å². The lowest BCUT2D eigenvalue weighted by atomic mass is 10.1. The molecule has 0 atom stereocenters. The second kappa shape index (κ2) is 3.65. The van der Waals surface area contributed by atoms with Crippen LogP contribution in [0.4, 0.5) is 4.39 Å². The van der Waals surface area contributed by atoms with Gasteiger partial charge in [-0.25, -0.2) is 9.18 Å². The van der Waals surface area contributed by atoms with Gasteiger partial charge in [0, 0.05) is 6.07 Å². The number of rotatable bonds is 2. The van der Waals surface area contributed by atoms with Crippen molar-refractivity contribution in [2.75, 3.05) is 0 Å². The number of halogens is 1. The molecule has 1 aromatic carbocycles. The molecule has 1 aromatic heterocycles. The van der Waals surface area contributed by atoms with Crippen LogP contribution in [0, 0.1) is 5.82 Å². The molecule has 2 rings (SSSR count). The van der Waals surface area contributed by atoms with Gasteiger partial charge in [-0.2, -0.15) is 0 Å². The standard InChI is InChI=1S/C10H6FNO4/c11-6-3-1-2-5(9(6)13)8-4-7(10(14)15)12-16-8/h1-4,13H,(H,14,15). The number of carbonyl (C=O) groups is 1. The van der Waals surface area contributed by atoms with Crippen molar-refractivity contribution in [2.24, 2.45) is 0 Å². The number of carboxylic acid groups (broad SMARTS) is 1. The van der Waals surface area contributed by atoms with Gasteiger partial charge in [0.2, 0.25) is 0 Å². The molecule has 0 saturated heterocycles. The lowest BCUT2D eigenvalue weighted by molar-refractivity contribution is 0.0686. The summed E-state index contributed by atoms with van der Waals surface area (Å²) in [5.41, 5.74) is -0.251. The molecule has 0 radical (unpaired) electrons. The molecule has 5 nitrogen and oxygen atoms in total. The van der Waals surface area contributed by atoms with Crippen molar-refractivity contribution < 1.29 is 23.9 Å². The third kappa shape index (κ3) is 1.60. The molecule has 2 N–H and O–H groups in total. The number of benzene rings is 1. The normalized spacial score (nSPS) is 10.3. The predicted molar refractivity (Wildman–Crippen MR) is 50.5 cm³/mol. The SMILES string of the molecule is O=C(O)c1cc(-c2cccc(F)c2O)on1. The van der Waals surface area contributed by atoms with Crippen molar-refractivity contribution in [1.29, 1.82) is 0 Å². The summed E-state index contributed by atoms with van der Waals surface area (Å²) in [7, 11) is 0. The summed E-state index contributed by atoms with van der Waals surface area (Å²) in [4.78, 5) is 10.5. The average Bonchev–Trinajstić information content (AvgIpc) is 2.71. The van der Waals surface area contributed by atoms with Crippen molar-refractivity contribution in [3.8, 4) is 17.1 Å². The molecule has 0 amide bonds. The number of para-hydroxylation sites is 1. The molecular weight excluding hydrogens is 217 g/mol. The summed E-state index contributed by atoms with van der Waals surface area (Å²) in [6.45, 7) is 0. The van der Waals surface area contributed by atoms with Crippen LogP contribution in [0.15, 0.2) is 28.8 Å². The topological polar surface area (TPSA) is 83.6 Å². The van der Waals surface area contributed by atoms with Crippen molar-refractivity contribution in [2.45, 2.75) is 0 Å². The third-order valence-electron chi connectivity index (χ3n) is 1.98. The van der Waals surface area contributed by atoms with Crippen LogP contribution < -0.4 is 0 Å². The molecule has 82 valence electrons. The zero-order chi connectivity index (χ0) is 11.7. The molecule has 16 heavy (non-hydrogen) atoms. The number of phenols is 1. The number of aromatic hydroxyl groups is 1. The summed E-state index contributed by atoms with van der Waals surface area (Å²) in [6.07, 6.45) is 0. The molecular formula is C10H6FNO4. The van der Waals surface area contributed by atoms with E-state index in [-0.39, 0.29) is 17.0 Å². The number of phenolic OH excluding ortho intramolecular Hbond substituents is 1. The van der Waals surface area contributed by atoms with E-state index in [2.05, 4.69) is 5.16 Å². The fraction of sp³-hybridized carbons (Fsp3) is 0. The minimum absolute atomic E-state index is 0.00519. The van der Waals surface area contributed by atoms with Gasteiger partial charge < -0.3 is 14.7 Å². The zero-order valence-corrected chi connectivity index (χ0v) is 7.85. The molecule has 0 aliphatic rings. The van der Waals surface area contributed by atoms with E-state index in [4.69, 9.17) is 9.63 Å². The van der Waals surface area contributed by atoms with Crippen LogP contribution in [0.3, 0.4) is 0 Å². The molecule has 0 fully saturated rings. The van der Waals surface area contributed by atoms with Gasteiger partial charge in [0.15, 0.2) is 23.0 Å². The van der Waals surface area contributed by atoms with Crippen LogP contribution in [0.1, 0.15) is 10.5 Å². The Morgan fingerprint density at radius 2 is 2.19 bits per heavy atom. The zero-order valence-electron chi connectivity index (χ0n) is 7.85. The maximum absolute atomic E-state index is 13.0. The first-order valence-electron chi connectivity index (χ1n) is 4.27. The van der Waals surface area contributed by atoms with Crippen LogP contribution in [0.25, 0.3) is 11.3 Å². The Hall–Kier alpha value is -2.37. The molecule has 1 heterocycles. The van der Waals surface area contributed by atoms with Gasteiger partial charge in [-0.15, -0.1) is 0 Å². The average molecular weight is 223 g/mol. The maximum atomic E-state index is 13.0. The molecule has 0 aliphatic carbocycles. The number of carboxylic acids is 1. The first-order valence-corrected chi connectivity index (χ1v) is 4.27. The monoisotopic (exact) mass is 223 g/mol. The van der Waals surface area contributed by atoms with E-state index in [1.165, 1.54) is 12.1 Å². The minimum atomic E-state index is -1.26. The van der Waals surface area contributed by atoms with Gasteiger partial charge in [-0.3, -0.25) is 0 Å². The quantitative estimate of drug-likeness (QED) is 0.812. The Morgan fingerprint density at radius 1 is 1.44 bits per heavy atom. The third-order valence-corrected chi connectivity index (χ3v) is 1.98. The fourth-order valence-electron chi connectivity index (χ4n) is 1.22. The highest BCUT2D eigenvalue weighted by molar-refractivity contribution is 5.86. The molecule has 0 spiro atoms. The van der Waals surface area contributed by atoms with Gasteiger partial charge in [-0.05, 0) is 12.1 Å². The Labute approximate surface area is 88.7 Å². The summed E-state index contributed by atoms with van der Waals surface area (Å²) in [5.74, 6) is -2.68. The first kappa shape index (κ1) is 10.2. The minimum Gasteiger partial charge on any atom is -0.504 e. The molecule has 6 heteroatoms. The second-order valence-electron chi connectivity index (χ2n) is 3.02. The highest BCUT2D eigenvalue weighted by atomic mass is 19.1. The summed E-state index contributed by atoms with van der Waals surface area (Å²) < 4.78 is 17.7. The van der Waals surface area contributed by atoms with Crippen molar-refractivity contribution in [1.82, 2.24) is 5.16 Å². The van der Waals surface area contributed by atoms with Crippen molar-refractivity contribution >= 4 is 5.97 Å². The van der Waals surface area contributed by atoms with E-state index in [0.29, 0.717) is 0 Å². The summed E-state index contributed by atoms with van der Waals surface area (Å²) in [5, 5.41) is 21.3. The maximum Gasteiger partial charge on any atom is 0.358 e.